The maximum atomic E-state index is 13.5. The van der Waals surface area contributed by atoms with Gasteiger partial charge in [0, 0.05) is 6.07 Å². The van der Waals surface area contributed by atoms with Crippen LogP contribution >= 0.6 is 27.5 Å². The Morgan fingerprint density at radius 3 is 1.61 bits per heavy atom. The van der Waals surface area contributed by atoms with Gasteiger partial charge in [-0.15, -0.1) is 0 Å². The van der Waals surface area contributed by atoms with Crippen LogP contribution in [-0.4, -0.2) is 9.85 Å². The van der Waals surface area contributed by atoms with Crippen molar-refractivity contribution in [1.29, 1.82) is 0 Å². The zero-order chi connectivity index (χ0) is 25.7. The van der Waals surface area contributed by atoms with Crippen molar-refractivity contribution in [2.45, 2.75) is 18.5 Å². The number of nitrogens with zero attached hydrogens (tertiary/aromatic N) is 2. The highest BCUT2D eigenvalue weighted by molar-refractivity contribution is 9.10. The van der Waals surface area contributed by atoms with E-state index in [1.807, 2.05) is 0 Å². The highest BCUT2D eigenvalue weighted by Crippen LogP contribution is 2.51. The number of hydrogen-bond acceptors (Lipinski definition) is 5. The smallest absolute Gasteiger partial charge is 0.348 e. The second kappa shape index (κ2) is 8.51. The molecule has 0 amide bonds. The van der Waals surface area contributed by atoms with Crippen LogP contribution in [0.5, 0.6) is 0 Å². The molecule has 0 fully saturated rings. The molecule has 180 valence electrons. The fourth-order valence-corrected chi connectivity index (χ4v) is 3.30. The van der Waals surface area contributed by atoms with Gasteiger partial charge < -0.3 is 5.32 Å². The summed E-state index contributed by atoms with van der Waals surface area (Å²) in [7, 11) is 0. The Labute approximate surface area is 188 Å². The number of alkyl halides is 9. The number of nitrogens with one attached hydrogen (secondary N) is 1. The Balaban J connectivity index is 2.97. The maximum Gasteiger partial charge on any atom is 0.418 e. The minimum absolute atomic E-state index is 0.0322. The summed E-state index contributed by atoms with van der Waals surface area (Å²) in [5.41, 5.74) is -12.6. The Bertz CT molecular complexity index is 1150. The lowest BCUT2D eigenvalue weighted by Gasteiger charge is -2.22. The van der Waals surface area contributed by atoms with Gasteiger partial charge in [0.15, 0.2) is 0 Å². The van der Waals surface area contributed by atoms with Gasteiger partial charge in [0.25, 0.3) is 11.4 Å². The van der Waals surface area contributed by atoms with E-state index in [2.05, 4.69) is 15.9 Å². The van der Waals surface area contributed by atoms with Crippen molar-refractivity contribution in [2.75, 3.05) is 5.32 Å². The molecule has 2 rings (SSSR count). The summed E-state index contributed by atoms with van der Waals surface area (Å²) in [5, 5.41) is 22.2. The third-order valence-electron chi connectivity index (χ3n) is 3.88. The van der Waals surface area contributed by atoms with Crippen LogP contribution < -0.4 is 5.32 Å². The fourth-order valence-electron chi connectivity index (χ4n) is 2.52. The monoisotopic (exact) mass is 575 g/mol. The third-order valence-corrected chi connectivity index (χ3v) is 5.30. The fraction of sp³-hybridized carbons (Fsp3) is 0.200. The van der Waals surface area contributed by atoms with Crippen molar-refractivity contribution in [3.8, 4) is 0 Å². The van der Waals surface area contributed by atoms with Crippen molar-refractivity contribution in [3.63, 3.8) is 0 Å². The van der Waals surface area contributed by atoms with E-state index in [1.165, 1.54) is 5.32 Å². The minimum Gasteiger partial charge on any atom is -0.348 e. The number of nitro benzene ring substituents is 2. The van der Waals surface area contributed by atoms with Crippen LogP contribution in [0, 0.1) is 20.2 Å². The van der Waals surface area contributed by atoms with Crippen LogP contribution in [0.2, 0.25) is 5.02 Å². The van der Waals surface area contributed by atoms with Crippen molar-refractivity contribution in [2.24, 2.45) is 0 Å². The van der Waals surface area contributed by atoms with Gasteiger partial charge >= 0.3 is 18.5 Å². The third kappa shape index (κ3) is 5.40. The van der Waals surface area contributed by atoms with Crippen molar-refractivity contribution in [3.05, 3.63) is 64.6 Å². The van der Waals surface area contributed by atoms with Crippen LogP contribution in [0.1, 0.15) is 16.7 Å². The number of non-ortho nitro benzene ring substituents is 1. The second-order valence-corrected chi connectivity index (χ2v) is 7.17. The minimum atomic E-state index is -5.61. The standard InChI is InChI=1S/C15H4BrClF9N3O4/c16-9-10(17)5(13(18,19)20)3-7(15(24,25)26)12(9)27-11-6(14(21,22)23)1-4(28(30)31)2-8(11)29(32)33/h1-3,27H. The van der Waals surface area contributed by atoms with Crippen molar-refractivity contribution < 1.29 is 49.4 Å². The normalized spacial score (nSPS) is 12.6. The van der Waals surface area contributed by atoms with E-state index < -0.39 is 83.4 Å². The van der Waals surface area contributed by atoms with E-state index in [0.29, 0.717) is 0 Å². The molecule has 0 unspecified atom stereocenters. The Morgan fingerprint density at radius 2 is 1.21 bits per heavy atom. The van der Waals surface area contributed by atoms with Crippen LogP contribution in [-0.2, 0) is 18.5 Å². The first kappa shape index (κ1) is 26.4. The molecule has 0 aliphatic heterocycles. The first-order chi connectivity index (χ1) is 14.8. The first-order valence-electron chi connectivity index (χ1n) is 7.74. The molecule has 0 aromatic heterocycles. The molecule has 2 aromatic carbocycles. The van der Waals surface area contributed by atoms with E-state index in [4.69, 9.17) is 11.6 Å². The number of hydrogen-bond donors (Lipinski definition) is 1. The van der Waals surface area contributed by atoms with Gasteiger partial charge in [0.2, 0.25) is 0 Å². The van der Waals surface area contributed by atoms with Crippen molar-refractivity contribution >= 4 is 50.3 Å². The van der Waals surface area contributed by atoms with Gasteiger partial charge in [0.1, 0.15) is 5.69 Å². The van der Waals surface area contributed by atoms with E-state index in [1.54, 1.807) is 0 Å². The van der Waals surface area contributed by atoms with E-state index >= 15 is 0 Å². The molecule has 1 N–H and O–H groups in total. The Kier molecular flexibility index (Phi) is 6.82. The Morgan fingerprint density at radius 1 is 0.758 bits per heavy atom. The lowest BCUT2D eigenvalue weighted by atomic mass is 10.0. The zero-order valence-corrected chi connectivity index (χ0v) is 17.3. The summed E-state index contributed by atoms with van der Waals surface area (Å²) in [6.07, 6.45) is -16.6. The highest BCUT2D eigenvalue weighted by Gasteiger charge is 2.44. The van der Waals surface area contributed by atoms with Gasteiger partial charge in [-0.05, 0) is 22.0 Å². The molecule has 18 heteroatoms. The second-order valence-electron chi connectivity index (χ2n) is 5.99. The summed E-state index contributed by atoms with van der Waals surface area (Å²) < 4.78 is 119. The molecule has 33 heavy (non-hydrogen) atoms. The predicted molar refractivity (Wildman–Crippen MR) is 97.2 cm³/mol. The van der Waals surface area contributed by atoms with Crippen LogP contribution in [0.3, 0.4) is 0 Å². The molecule has 0 saturated carbocycles. The molecule has 0 atom stereocenters. The number of benzene rings is 2. The summed E-state index contributed by atoms with van der Waals surface area (Å²) >= 11 is 7.80. The number of rotatable bonds is 4. The average Bonchev–Trinajstić information content (AvgIpc) is 2.62. The van der Waals surface area contributed by atoms with Gasteiger partial charge in [-0.2, -0.15) is 39.5 Å². The molecular formula is C15H4BrClF9N3O4. The van der Waals surface area contributed by atoms with E-state index in [-0.39, 0.29) is 12.1 Å². The number of halogens is 11. The predicted octanol–water partition coefficient (Wildman–Crippen LogP) is 7.72. The summed E-state index contributed by atoms with van der Waals surface area (Å²) in [5.74, 6) is 0. The summed E-state index contributed by atoms with van der Waals surface area (Å²) in [6.45, 7) is 0. The molecular weight excluding hydrogens is 573 g/mol. The molecule has 7 nitrogen and oxygen atoms in total. The first-order valence-corrected chi connectivity index (χ1v) is 8.91. The van der Waals surface area contributed by atoms with Gasteiger partial charge in [-0.3, -0.25) is 20.2 Å². The molecule has 2 aromatic rings. The van der Waals surface area contributed by atoms with E-state index in [9.17, 15) is 59.7 Å². The van der Waals surface area contributed by atoms with E-state index in [0.717, 1.165) is 0 Å². The largest absolute Gasteiger partial charge is 0.418 e. The quantitative estimate of drug-likeness (QED) is 0.228. The summed E-state index contributed by atoms with van der Waals surface area (Å²) in [6, 6.07) is -0.660. The molecule has 0 aliphatic carbocycles. The number of anilines is 2. The summed E-state index contributed by atoms with van der Waals surface area (Å²) in [4.78, 5) is 19.1. The van der Waals surface area contributed by atoms with Gasteiger partial charge in [-0.1, -0.05) is 11.6 Å². The molecule has 0 saturated heterocycles. The molecule has 0 aliphatic rings. The van der Waals surface area contributed by atoms with Crippen LogP contribution in [0.15, 0.2) is 22.7 Å². The average molecular weight is 577 g/mol. The van der Waals surface area contributed by atoms with Crippen LogP contribution in [0.25, 0.3) is 0 Å². The topological polar surface area (TPSA) is 98.3 Å². The SMILES string of the molecule is O=[N+]([O-])c1cc([N+](=O)[O-])c(Nc2c(C(F)(F)F)cc(C(F)(F)F)c(Cl)c2Br)c(C(F)(F)F)c1. The Hall–Kier alpha value is -2.82. The van der Waals surface area contributed by atoms with Gasteiger partial charge in [-0.25, -0.2) is 0 Å². The number of nitro groups is 2. The van der Waals surface area contributed by atoms with Crippen molar-refractivity contribution in [1.82, 2.24) is 0 Å². The highest BCUT2D eigenvalue weighted by atomic mass is 79.9. The lowest BCUT2D eigenvalue weighted by Crippen LogP contribution is -2.17. The van der Waals surface area contributed by atoms with Crippen LogP contribution in [0.4, 0.5) is 62.3 Å². The lowest BCUT2D eigenvalue weighted by molar-refractivity contribution is -0.394. The molecule has 0 bridgehead atoms. The zero-order valence-electron chi connectivity index (χ0n) is 14.9. The molecule has 0 radical (unpaired) electrons. The molecule has 0 spiro atoms. The van der Waals surface area contributed by atoms with Gasteiger partial charge in [0.05, 0.1) is 47.8 Å². The maximum absolute atomic E-state index is 13.5. The molecule has 0 heterocycles.